The molecule has 5 nitrogen and oxygen atoms in total. The molecule has 21 heavy (non-hydrogen) atoms. The van der Waals surface area contributed by atoms with Gasteiger partial charge in [0.15, 0.2) is 0 Å². The maximum absolute atomic E-state index is 12.9. The molecule has 0 spiro atoms. The number of amides is 1. The molecule has 3 heterocycles. The van der Waals surface area contributed by atoms with Gasteiger partial charge in [-0.2, -0.15) is 5.10 Å². The molecule has 1 fully saturated rings. The standard InChI is InChI=1S/C16H21N3O2/c1-11-10-13(12(2)21-11)16(20)19-9-5-4-6-15(19)14-7-8-17-18(14)3/h7-8,10,15H,4-6,9H2,1-3H3. The quantitative estimate of drug-likeness (QED) is 0.853. The summed E-state index contributed by atoms with van der Waals surface area (Å²) in [6, 6.07) is 3.95. The maximum Gasteiger partial charge on any atom is 0.257 e. The third-order valence-electron chi connectivity index (χ3n) is 4.24. The van der Waals surface area contributed by atoms with Crippen molar-refractivity contribution in [3.05, 3.63) is 41.1 Å². The van der Waals surface area contributed by atoms with Gasteiger partial charge in [0, 0.05) is 19.8 Å². The molecule has 3 rings (SSSR count). The molecule has 5 heteroatoms. The number of hydrogen-bond donors (Lipinski definition) is 0. The van der Waals surface area contributed by atoms with Gasteiger partial charge in [0.1, 0.15) is 11.5 Å². The lowest BCUT2D eigenvalue weighted by Crippen LogP contribution is -2.39. The molecule has 112 valence electrons. The molecule has 1 unspecified atom stereocenters. The lowest BCUT2D eigenvalue weighted by Gasteiger charge is -2.35. The number of aromatic nitrogens is 2. The minimum atomic E-state index is 0.0650. The molecule has 0 aromatic carbocycles. The summed E-state index contributed by atoms with van der Waals surface area (Å²) < 4.78 is 7.38. The van der Waals surface area contributed by atoms with Gasteiger partial charge in [-0.1, -0.05) is 0 Å². The topological polar surface area (TPSA) is 51.3 Å². The van der Waals surface area contributed by atoms with Crippen LogP contribution in [0, 0.1) is 13.8 Å². The Labute approximate surface area is 124 Å². The highest BCUT2D eigenvalue weighted by Gasteiger charge is 2.31. The van der Waals surface area contributed by atoms with E-state index in [1.807, 2.05) is 42.6 Å². The summed E-state index contributed by atoms with van der Waals surface area (Å²) in [6.07, 6.45) is 4.97. The van der Waals surface area contributed by atoms with Crippen LogP contribution in [-0.2, 0) is 7.05 Å². The number of likely N-dealkylation sites (tertiary alicyclic amines) is 1. The zero-order valence-corrected chi connectivity index (χ0v) is 12.8. The largest absolute Gasteiger partial charge is 0.466 e. The molecule has 1 amide bonds. The molecule has 2 aromatic heterocycles. The van der Waals surface area contributed by atoms with E-state index in [-0.39, 0.29) is 11.9 Å². The summed E-state index contributed by atoms with van der Waals surface area (Å²) in [5, 5.41) is 4.24. The van der Waals surface area contributed by atoms with Crippen LogP contribution in [-0.4, -0.2) is 27.1 Å². The van der Waals surface area contributed by atoms with E-state index in [1.54, 1.807) is 6.20 Å². The molecule has 0 saturated carbocycles. The second-order valence-electron chi connectivity index (χ2n) is 5.72. The van der Waals surface area contributed by atoms with Crippen molar-refractivity contribution in [1.29, 1.82) is 0 Å². The lowest BCUT2D eigenvalue weighted by atomic mass is 9.98. The fourth-order valence-corrected chi connectivity index (χ4v) is 3.19. The first-order valence-electron chi connectivity index (χ1n) is 7.44. The van der Waals surface area contributed by atoms with Crippen molar-refractivity contribution < 1.29 is 9.21 Å². The van der Waals surface area contributed by atoms with Gasteiger partial charge in [0.25, 0.3) is 5.91 Å². The second-order valence-corrected chi connectivity index (χ2v) is 5.72. The Morgan fingerprint density at radius 1 is 1.38 bits per heavy atom. The van der Waals surface area contributed by atoms with Crippen molar-refractivity contribution in [2.45, 2.75) is 39.2 Å². The number of carbonyl (C=O) groups is 1. The van der Waals surface area contributed by atoms with E-state index in [0.717, 1.165) is 37.3 Å². The van der Waals surface area contributed by atoms with Gasteiger partial charge in [-0.25, -0.2) is 0 Å². The molecule has 2 aromatic rings. The Bertz CT molecular complexity index is 656. The summed E-state index contributed by atoms with van der Waals surface area (Å²) in [4.78, 5) is 14.9. The van der Waals surface area contributed by atoms with E-state index < -0.39 is 0 Å². The van der Waals surface area contributed by atoms with Gasteiger partial charge in [0.2, 0.25) is 0 Å². The van der Waals surface area contributed by atoms with Crippen LogP contribution in [0.2, 0.25) is 0 Å². The van der Waals surface area contributed by atoms with Gasteiger partial charge < -0.3 is 9.32 Å². The number of piperidine rings is 1. The first kappa shape index (κ1) is 13.9. The van der Waals surface area contributed by atoms with Gasteiger partial charge in [-0.3, -0.25) is 9.48 Å². The first-order chi connectivity index (χ1) is 10.1. The van der Waals surface area contributed by atoms with Gasteiger partial charge in [-0.05, 0) is 45.2 Å². The fraction of sp³-hybridized carbons (Fsp3) is 0.500. The van der Waals surface area contributed by atoms with Gasteiger partial charge >= 0.3 is 0 Å². The Morgan fingerprint density at radius 3 is 2.81 bits per heavy atom. The molecule has 1 atom stereocenters. The predicted molar refractivity (Wildman–Crippen MR) is 79.0 cm³/mol. The van der Waals surface area contributed by atoms with E-state index >= 15 is 0 Å². The molecule has 0 radical (unpaired) electrons. The van der Waals surface area contributed by atoms with Crippen LogP contribution in [0.25, 0.3) is 0 Å². The van der Waals surface area contributed by atoms with E-state index in [4.69, 9.17) is 4.42 Å². The minimum Gasteiger partial charge on any atom is -0.466 e. The molecule has 0 bridgehead atoms. The van der Waals surface area contributed by atoms with Crippen LogP contribution in [0.15, 0.2) is 22.7 Å². The Morgan fingerprint density at radius 2 is 2.19 bits per heavy atom. The van der Waals surface area contributed by atoms with E-state index in [0.29, 0.717) is 11.3 Å². The van der Waals surface area contributed by atoms with Crippen molar-refractivity contribution in [3.8, 4) is 0 Å². The summed E-state index contributed by atoms with van der Waals surface area (Å²) in [7, 11) is 1.93. The monoisotopic (exact) mass is 287 g/mol. The third kappa shape index (κ3) is 2.48. The molecular weight excluding hydrogens is 266 g/mol. The number of rotatable bonds is 2. The van der Waals surface area contributed by atoms with Crippen molar-refractivity contribution in [2.24, 2.45) is 7.05 Å². The van der Waals surface area contributed by atoms with Crippen molar-refractivity contribution in [2.75, 3.05) is 6.54 Å². The fourth-order valence-electron chi connectivity index (χ4n) is 3.19. The van der Waals surface area contributed by atoms with Crippen LogP contribution in [0.3, 0.4) is 0 Å². The molecular formula is C16H21N3O2. The molecule has 0 N–H and O–H groups in total. The number of carbonyl (C=O) groups excluding carboxylic acids is 1. The number of aryl methyl sites for hydroxylation is 3. The highest BCUT2D eigenvalue weighted by atomic mass is 16.3. The van der Waals surface area contributed by atoms with Crippen molar-refractivity contribution >= 4 is 5.91 Å². The Kier molecular flexibility index (Phi) is 3.57. The van der Waals surface area contributed by atoms with E-state index in [1.165, 1.54) is 0 Å². The van der Waals surface area contributed by atoms with Crippen LogP contribution in [0.5, 0.6) is 0 Å². The summed E-state index contributed by atoms with van der Waals surface area (Å²) >= 11 is 0. The van der Waals surface area contributed by atoms with Gasteiger partial charge in [0.05, 0.1) is 17.3 Å². The summed E-state index contributed by atoms with van der Waals surface area (Å²) in [6.45, 7) is 4.51. The number of nitrogens with zero attached hydrogens (tertiary/aromatic N) is 3. The number of hydrogen-bond acceptors (Lipinski definition) is 3. The summed E-state index contributed by atoms with van der Waals surface area (Å²) in [5.41, 5.74) is 1.78. The molecule has 1 saturated heterocycles. The van der Waals surface area contributed by atoms with E-state index in [9.17, 15) is 4.79 Å². The van der Waals surface area contributed by atoms with Crippen molar-refractivity contribution in [1.82, 2.24) is 14.7 Å². The highest BCUT2D eigenvalue weighted by Crippen LogP contribution is 2.32. The molecule has 1 aliphatic rings. The van der Waals surface area contributed by atoms with Crippen LogP contribution < -0.4 is 0 Å². The Hall–Kier alpha value is -2.04. The zero-order valence-electron chi connectivity index (χ0n) is 12.8. The highest BCUT2D eigenvalue weighted by molar-refractivity contribution is 5.95. The maximum atomic E-state index is 12.9. The van der Waals surface area contributed by atoms with Crippen LogP contribution in [0.1, 0.15) is 52.9 Å². The average molecular weight is 287 g/mol. The normalized spacial score (nSPS) is 19.0. The average Bonchev–Trinajstić information content (AvgIpc) is 3.03. The number of furan rings is 1. The molecule has 0 aliphatic carbocycles. The summed E-state index contributed by atoms with van der Waals surface area (Å²) in [5.74, 6) is 1.55. The SMILES string of the molecule is Cc1cc(C(=O)N2CCCCC2c2ccnn2C)c(C)o1. The van der Waals surface area contributed by atoms with Gasteiger partial charge in [-0.15, -0.1) is 0 Å². The second kappa shape index (κ2) is 5.39. The minimum absolute atomic E-state index is 0.0650. The predicted octanol–water partition coefficient (Wildman–Crippen LogP) is 3.00. The van der Waals surface area contributed by atoms with Crippen molar-refractivity contribution in [3.63, 3.8) is 0 Å². The Balaban J connectivity index is 1.93. The zero-order chi connectivity index (χ0) is 15.0. The third-order valence-corrected chi connectivity index (χ3v) is 4.24. The van der Waals surface area contributed by atoms with E-state index in [2.05, 4.69) is 5.10 Å². The first-order valence-corrected chi connectivity index (χ1v) is 7.44. The van der Waals surface area contributed by atoms with Crippen LogP contribution in [0.4, 0.5) is 0 Å². The smallest absolute Gasteiger partial charge is 0.257 e. The lowest BCUT2D eigenvalue weighted by molar-refractivity contribution is 0.0599. The molecule has 1 aliphatic heterocycles. The van der Waals surface area contributed by atoms with Crippen LogP contribution >= 0.6 is 0 Å².